The molecule has 174 valence electrons. The van der Waals surface area contributed by atoms with Gasteiger partial charge >= 0.3 is 0 Å². The average molecular weight is 473 g/mol. The first kappa shape index (κ1) is 22.5. The van der Waals surface area contributed by atoms with Crippen LogP contribution in [-0.2, 0) is 4.74 Å². The van der Waals surface area contributed by atoms with Crippen LogP contribution in [0.5, 0.6) is 0 Å². The van der Waals surface area contributed by atoms with Crippen molar-refractivity contribution in [3.8, 4) is 16.9 Å². The molecule has 3 heterocycles. The van der Waals surface area contributed by atoms with E-state index in [1.54, 1.807) is 16.0 Å². The third kappa shape index (κ3) is 4.97. The number of nitrogens with one attached hydrogen (secondary N) is 1. The highest BCUT2D eigenvalue weighted by atomic mass is 32.1. The topological polar surface area (TPSA) is 59.4 Å². The number of rotatable bonds is 7. The van der Waals surface area contributed by atoms with E-state index < -0.39 is 0 Å². The number of ether oxygens (including phenoxy) is 1. The van der Waals surface area contributed by atoms with Crippen LogP contribution in [0.1, 0.15) is 26.8 Å². The van der Waals surface area contributed by atoms with Crippen molar-refractivity contribution in [3.05, 3.63) is 94.3 Å². The van der Waals surface area contributed by atoms with Crippen molar-refractivity contribution in [2.75, 3.05) is 32.8 Å². The van der Waals surface area contributed by atoms with Crippen molar-refractivity contribution in [2.24, 2.45) is 0 Å². The van der Waals surface area contributed by atoms with Crippen LogP contribution in [0.4, 0.5) is 0 Å². The minimum absolute atomic E-state index is 0.118. The van der Waals surface area contributed by atoms with Gasteiger partial charge in [-0.3, -0.25) is 9.69 Å². The van der Waals surface area contributed by atoms with Crippen molar-refractivity contribution in [1.82, 2.24) is 20.0 Å². The van der Waals surface area contributed by atoms with Gasteiger partial charge in [0, 0.05) is 36.3 Å². The molecule has 1 atom stereocenters. The van der Waals surface area contributed by atoms with Crippen LogP contribution < -0.4 is 5.32 Å². The van der Waals surface area contributed by atoms with Gasteiger partial charge in [-0.1, -0.05) is 54.1 Å². The van der Waals surface area contributed by atoms with E-state index in [2.05, 4.69) is 34.7 Å². The van der Waals surface area contributed by atoms with Crippen LogP contribution in [0.15, 0.2) is 78.3 Å². The van der Waals surface area contributed by atoms with E-state index in [1.165, 1.54) is 10.4 Å². The summed E-state index contributed by atoms with van der Waals surface area (Å²) in [6, 6.07) is 22.3. The molecule has 1 aliphatic heterocycles. The summed E-state index contributed by atoms with van der Waals surface area (Å²) < 4.78 is 7.32. The molecule has 0 radical (unpaired) electrons. The molecule has 0 unspecified atom stereocenters. The van der Waals surface area contributed by atoms with E-state index in [0.717, 1.165) is 37.6 Å². The summed E-state index contributed by atoms with van der Waals surface area (Å²) in [4.78, 5) is 17.1. The lowest BCUT2D eigenvalue weighted by atomic mass is 10.1. The van der Waals surface area contributed by atoms with Gasteiger partial charge in [-0.05, 0) is 30.5 Å². The molecular formula is C27H28N4O2S. The van der Waals surface area contributed by atoms with Crippen LogP contribution in [-0.4, -0.2) is 53.4 Å². The Bertz CT molecular complexity index is 1210. The van der Waals surface area contributed by atoms with Gasteiger partial charge in [-0.15, -0.1) is 11.3 Å². The summed E-state index contributed by atoms with van der Waals surface area (Å²) in [5.41, 5.74) is 4.26. The molecule has 0 aliphatic carbocycles. The summed E-state index contributed by atoms with van der Waals surface area (Å²) in [5.74, 6) is -0.118. The van der Waals surface area contributed by atoms with Crippen LogP contribution in [0, 0.1) is 6.92 Å². The zero-order chi connectivity index (χ0) is 23.3. The number of carbonyl (C=O) groups is 1. The van der Waals surface area contributed by atoms with Gasteiger partial charge in [-0.2, -0.15) is 5.10 Å². The Balaban J connectivity index is 1.42. The molecule has 34 heavy (non-hydrogen) atoms. The number of para-hydroxylation sites is 1. The molecule has 5 rings (SSSR count). The third-order valence-electron chi connectivity index (χ3n) is 6.12. The second kappa shape index (κ2) is 10.3. The standard InChI is InChI=1S/C27H28N4O2S/c1-20-9-11-21(12-10-20)26-23(19-31(29-26)22-6-3-2-4-7-22)27(32)28-18-24(25-8-5-17-34-25)30-13-15-33-16-14-30/h2-12,17,19,24H,13-16,18H2,1H3,(H,28,32)/t24-/m0/s1. The van der Waals surface area contributed by atoms with Crippen molar-refractivity contribution < 1.29 is 9.53 Å². The fraction of sp³-hybridized carbons (Fsp3) is 0.259. The maximum Gasteiger partial charge on any atom is 0.255 e. The highest BCUT2D eigenvalue weighted by Gasteiger charge is 2.25. The minimum atomic E-state index is -0.118. The first-order valence-electron chi connectivity index (χ1n) is 11.5. The molecule has 0 spiro atoms. The summed E-state index contributed by atoms with van der Waals surface area (Å²) in [7, 11) is 0. The lowest BCUT2D eigenvalue weighted by Crippen LogP contribution is -2.43. The molecule has 1 aliphatic rings. The number of hydrogen-bond acceptors (Lipinski definition) is 5. The molecule has 1 fully saturated rings. The molecule has 0 saturated carbocycles. The molecule has 1 saturated heterocycles. The molecular weight excluding hydrogens is 444 g/mol. The molecule has 4 aromatic rings. The first-order valence-corrected chi connectivity index (χ1v) is 12.4. The summed E-state index contributed by atoms with van der Waals surface area (Å²) >= 11 is 1.72. The lowest BCUT2D eigenvalue weighted by Gasteiger charge is -2.34. The van der Waals surface area contributed by atoms with Crippen LogP contribution in [0.2, 0.25) is 0 Å². The predicted octanol–water partition coefficient (Wildman–Crippen LogP) is 4.71. The van der Waals surface area contributed by atoms with E-state index in [4.69, 9.17) is 9.84 Å². The Morgan fingerprint density at radius 3 is 2.53 bits per heavy atom. The van der Waals surface area contributed by atoms with Crippen molar-refractivity contribution in [1.29, 1.82) is 0 Å². The van der Waals surface area contributed by atoms with E-state index in [9.17, 15) is 4.79 Å². The lowest BCUT2D eigenvalue weighted by molar-refractivity contribution is 0.0169. The fourth-order valence-corrected chi connectivity index (χ4v) is 5.10. The number of nitrogens with zero attached hydrogens (tertiary/aromatic N) is 3. The van der Waals surface area contributed by atoms with Gasteiger partial charge in [0.25, 0.3) is 5.91 Å². The third-order valence-corrected chi connectivity index (χ3v) is 7.09. The van der Waals surface area contributed by atoms with E-state index in [-0.39, 0.29) is 11.9 Å². The summed E-state index contributed by atoms with van der Waals surface area (Å²) in [6.45, 7) is 5.74. The van der Waals surface area contributed by atoms with Crippen molar-refractivity contribution in [3.63, 3.8) is 0 Å². The number of carbonyl (C=O) groups excluding carboxylic acids is 1. The van der Waals surface area contributed by atoms with E-state index in [0.29, 0.717) is 17.8 Å². The van der Waals surface area contributed by atoms with Crippen LogP contribution >= 0.6 is 11.3 Å². The zero-order valence-electron chi connectivity index (χ0n) is 19.2. The smallest absolute Gasteiger partial charge is 0.255 e. The zero-order valence-corrected chi connectivity index (χ0v) is 20.0. The quantitative estimate of drug-likeness (QED) is 0.423. The molecule has 2 aromatic heterocycles. The number of aromatic nitrogens is 2. The number of hydrogen-bond donors (Lipinski definition) is 1. The molecule has 0 bridgehead atoms. The van der Waals surface area contributed by atoms with Crippen molar-refractivity contribution in [2.45, 2.75) is 13.0 Å². The number of benzene rings is 2. The summed E-state index contributed by atoms with van der Waals surface area (Å²) in [6.07, 6.45) is 1.83. The minimum Gasteiger partial charge on any atom is -0.379 e. The Labute approximate surface area is 203 Å². The average Bonchev–Trinajstić information content (AvgIpc) is 3.57. The largest absolute Gasteiger partial charge is 0.379 e. The predicted molar refractivity (Wildman–Crippen MR) is 136 cm³/mol. The van der Waals surface area contributed by atoms with E-state index >= 15 is 0 Å². The van der Waals surface area contributed by atoms with Gasteiger partial charge in [0.05, 0.1) is 30.5 Å². The molecule has 7 heteroatoms. The monoisotopic (exact) mass is 472 g/mol. The fourth-order valence-electron chi connectivity index (χ4n) is 4.24. The molecule has 1 amide bonds. The molecule has 6 nitrogen and oxygen atoms in total. The van der Waals surface area contributed by atoms with Gasteiger partial charge in [0.15, 0.2) is 0 Å². The number of aryl methyl sites for hydroxylation is 1. The highest BCUT2D eigenvalue weighted by Crippen LogP contribution is 2.27. The Hall–Kier alpha value is -3.26. The molecule has 2 aromatic carbocycles. The number of morpholine rings is 1. The summed E-state index contributed by atoms with van der Waals surface area (Å²) in [5, 5.41) is 10.1. The van der Waals surface area contributed by atoms with Crippen molar-refractivity contribution >= 4 is 17.2 Å². The second-order valence-corrected chi connectivity index (χ2v) is 9.41. The van der Waals surface area contributed by atoms with Gasteiger partial charge in [0.2, 0.25) is 0 Å². The van der Waals surface area contributed by atoms with Gasteiger partial charge in [0.1, 0.15) is 5.69 Å². The maximum atomic E-state index is 13.5. The normalized spacial score (nSPS) is 15.2. The Morgan fingerprint density at radius 2 is 1.82 bits per heavy atom. The Kier molecular flexibility index (Phi) is 6.85. The Morgan fingerprint density at radius 1 is 1.06 bits per heavy atom. The first-order chi connectivity index (χ1) is 16.7. The molecule has 1 N–H and O–H groups in total. The van der Waals surface area contributed by atoms with Crippen LogP contribution in [0.3, 0.4) is 0 Å². The van der Waals surface area contributed by atoms with Gasteiger partial charge < -0.3 is 10.1 Å². The van der Waals surface area contributed by atoms with Crippen LogP contribution in [0.25, 0.3) is 16.9 Å². The second-order valence-electron chi connectivity index (χ2n) is 8.43. The highest BCUT2D eigenvalue weighted by molar-refractivity contribution is 7.10. The maximum absolute atomic E-state index is 13.5. The SMILES string of the molecule is Cc1ccc(-c2nn(-c3ccccc3)cc2C(=O)NC[C@@H](c2cccs2)N2CCOCC2)cc1. The van der Waals surface area contributed by atoms with E-state index in [1.807, 2.05) is 60.8 Å². The number of amides is 1. The number of thiophene rings is 1. The van der Waals surface area contributed by atoms with Gasteiger partial charge in [-0.25, -0.2) is 4.68 Å².